The van der Waals surface area contributed by atoms with Crippen molar-refractivity contribution >= 4 is 35.9 Å². The Morgan fingerprint density at radius 3 is 1.94 bits per heavy atom. The third-order valence-electron chi connectivity index (χ3n) is 2.81. The summed E-state index contributed by atoms with van der Waals surface area (Å²) in [6, 6.07) is 13.2. The van der Waals surface area contributed by atoms with Crippen molar-refractivity contribution in [2.45, 2.75) is 13.8 Å². The van der Waals surface area contributed by atoms with Gasteiger partial charge in [-0.2, -0.15) is 0 Å². The van der Waals surface area contributed by atoms with E-state index in [0.717, 1.165) is 0 Å². The number of hydrogen-bond acceptors (Lipinski definition) is 0. The van der Waals surface area contributed by atoms with Crippen LogP contribution < -0.4 is 5.46 Å². The highest BCUT2D eigenvalue weighted by atomic mass is 127. The van der Waals surface area contributed by atoms with Crippen LogP contribution >= 0.6 is 22.6 Å². The summed E-state index contributed by atoms with van der Waals surface area (Å²) in [4.78, 5) is 0. The standard InChI is InChI=1S/C14H14BI/c1-9-7-12(15)8-10(2)14(9)11-3-5-13(16)6-4-11/h3-8H,15H2,1-2H3. The van der Waals surface area contributed by atoms with Crippen molar-refractivity contribution in [3.8, 4) is 11.1 Å². The summed E-state index contributed by atoms with van der Waals surface area (Å²) in [5.74, 6) is 0. The molecule has 16 heavy (non-hydrogen) atoms. The summed E-state index contributed by atoms with van der Waals surface area (Å²) < 4.78 is 1.28. The Bertz CT molecular complexity index is 492. The molecule has 0 aliphatic rings. The molecule has 0 aliphatic carbocycles. The molecule has 0 fully saturated rings. The van der Waals surface area contributed by atoms with Crippen molar-refractivity contribution < 1.29 is 0 Å². The highest BCUT2D eigenvalue weighted by Crippen LogP contribution is 2.26. The minimum Gasteiger partial charge on any atom is -0.0884 e. The first-order valence-electron chi connectivity index (χ1n) is 5.42. The van der Waals surface area contributed by atoms with Crippen LogP contribution in [-0.2, 0) is 0 Å². The Labute approximate surface area is 112 Å². The molecule has 2 aromatic carbocycles. The predicted molar refractivity (Wildman–Crippen MR) is 82.2 cm³/mol. The van der Waals surface area contributed by atoms with E-state index >= 15 is 0 Å². The van der Waals surface area contributed by atoms with Gasteiger partial charge in [-0.1, -0.05) is 29.7 Å². The molecule has 0 radical (unpaired) electrons. The highest BCUT2D eigenvalue weighted by molar-refractivity contribution is 14.1. The van der Waals surface area contributed by atoms with E-state index < -0.39 is 0 Å². The average molecular weight is 320 g/mol. The van der Waals surface area contributed by atoms with Gasteiger partial charge in [0.05, 0.1) is 0 Å². The third-order valence-corrected chi connectivity index (χ3v) is 3.53. The first-order chi connectivity index (χ1) is 7.58. The monoisotopic (exact) mass is 320 g/mol. The van der Waals surface area contributed by atoms with Crippen LogP contribution in [-0.4, -0.2) is 7.85 Å². The van der Waals surface area contributed by atoms with E-state index in [4.69, 9.17) is 0 Å². The number of rotatable bonds is 1. The summed E-state index contributed by atoms with van der Waals surface area (Å²) in [5, 5.41) is 0. The second-order valence-electron chi connectivity index (χ2n) is 4.28. The van der Waals surface area contributed by atoms with E-state index in [1.54, 1.807) is 0 Å². The average Bonchev–Trinajstić information content (AvgIpc) is 2.19. The SMILES string of the molecule is Bc1cc(C)c(-c2ccc(I)cc2)c(C)c1. The normalized spacial score (nSPS) is 10.4. The molecule has 2 rings (SSSR count). The smallest absolute Gasteiger partial charge is 0.0884 e. The third kappa shape index (κ3) is 2.32. The molecule has 0 heterocycles. The molecule has 0 unspecified atom stereocenters. The number of benzene rings is 2. The van der Waals surface area contributed by atoms with Gasteiger partial charge in [-0.05, 0) is 70.8 Å². The lowest BCUT2D eigenvalue weighted by atomic mass is 9.87. The number of hydrogen-bond donors (Lipinski definition) is 0. The first-order valence-corrected chi connectivity index (χ1v) is 6.49. The van der Waals surface area contributed by atoms with Crippen LogP contribution in [0.2, 0.25) is 0 Å². The lowest BCUT2D eigenvalue weighted by Gasteiger charge is -2.11. The van der Waals surface area contributed by atoms with Gasteiger partial charge in [0.1, 0.15) is 7.85 Å². The van der Waals surface area contributed by atoms with Gasteiger partial charge in [-0.25, -0.2) is 0 Å². The minimum atomic E-state index is 1.28. The van der Waals surface area contributed by atoms with Crippen LogP contribution in [0.25, 0.3) is 11.1 Å². The number of halogens is 1. The van der Waals surface area contributed by atoms with E-state index in [0.29, 0.717) is 0 Å². The summed E-state index contributed by atoms with van der Waals surface area (Å²) in [6.07, 6.45) is 0. The van der Waals surface area contributed by atoms with Crippen LogP contribution in [0.3, 0.4) is 0 Å². The molecule has 0 atom stereocenters. The van der Waals surface area contributed by atoms with Crippen LogP contribution in [0.1, 0.15) is 11.1 Å². The zero-order chi connectivity index (χ0) is 11.7. The zero-order valence-corrected chi connectivity index (χ0v) is 12.0. The Morgan fingerprint density at radius 1 is 0.938 bits per heavy atom. The summed E-state index contributed by atoms with van der Waals surface area (Å²) in [6.45, 7) is 4.38. The van der Waals surface area contributed by atoms with E-state index in [2.05, 4.69) is 80.7 Å². The lowest BCUT2D eigenvalue weighted by molar-refractivity contribution is 1.39. The number of aryl methyl sites for hydroxylation is 2. The fourth-order valence-electron chi connectivity index (χ4n) is 2.25. The molecular formula is C14H14BI. The minimum absolute atomic E-state index is 1.28. The van der Waals surface area contributed by atoms with Crippen LogP contribution in [0.4, 0.5) is 0 Å². The summed E-state index contributed by atoms with van der Waals surface area (Å²) >= 11 is 2.34. The van der Waals surface area contributed by atoms with Crippen molar-refractivity contribution in [1.29, 1.82) is 0 Å². The van der Waals surface area contributed by atoms with E-state index in [1.807, 2.05) is 0 Å². The van der Waals surface area contributed by atoms with Gasteiger partial charge in [0.2, 0.25) is 0 Å². The van der Waals surface area contributed by atoms with Gasteiger partial charge in [-0.3, -0.25) is 0 Å². The topological polar surface area (TPSA) is 0 Å². The van der Waals surface area contributed by atoms with Gasteiger partial charge in [0, 0.05) is 3.57 Å². The summed E-state index contributed by atoms with van der Waals surface area (Å²) in [5.41, 5.74) is 6.75. The van der Waals surface area contributed by atoms with Crippen molar-refractivity contribution in [1.82, 2.24) is 0 Å². The quantitative estimate of drug-likeness (QED) is 0.560. The molecule has 2 aromatic rings. The largest absolute Gasteiger partial charge is 0.139 e. The molecule has 2 heteroatoms. The lowest BCUT2D eigenvalue weighted by Crippen LogP contribution is -2.05. The molecule has 0 nitrogen and oxygen atoms in total. The van der Waals surface area contributed by atoms with Crippen molar-refractivity contribution in [2.24, 2.45) is 0 Å². The highest BCUT2D eigenvalue weighted by Gasteiger charge is 2.05. The molecule has 0 N–H and O–H groups in total. The maximum absolute atomic E-state index is 2.34. The van der Waals surface area contributed by atoms with Crippen molar-refractivity contribution in [3.63, 3.8) is 0 Å². The molecule has 0 aromatic heterocycles. The van der Waals surface area contributed by atoms with E-state index in [-0.39, 0.29) is 0 Å². The van der Waals surface area contributed by atoms with Crippen LogP contribution in [0.5, 0.6) is 0 Å². The van der Waals surface area contributed by atoms with Gasteiger partial charge in [0.15, 0.2) is 0 Å². The van der Waals surface area contributed by atoms with Crippen LogP contribution in [0.15, 0.2) is 36.4 Å². The fraction of sp³-hybridized carbons (Fsp3) is 0.143. The molecular weight excluding hydrogens is 306 g/mol. The second kappa shape index (κ2) is 4.62. The van der Waals surface area contributed by atoms with E-state index in [9.17, 15) is 0 Å². The first kappa shape index (κ1) is 11.7. The predicted octanol–water partition coefficient (Wildman–Crippen LogP) is 2.83. The molecule has 0 bridgehead atoms. The van der Waals surface area contributed by atoms with Crippen LogP contribution in [0, 0.1) is 17.4 Å². The fourth-order valence-corrected chi connectivity index (χ4v) is 2.61. The Morgan fingerprint density at radius 2 is 1.44 bits per heavy atom. The molecule has 0 amide bonds. The Hall–Kier alpha value is -0.765. The Kier molecular flexibility index (Phi) is 3.38. The molecule has 0 spiro atoms. The van der Waals surface area contributed by atoms with Crippen molar-refractivity contribution in [3.05, 3.63) is 51.1 Å². The van der Waals surface area contributed by atoms with Crippen molar-refractivity contribution in [2.75, 3.05) is 0 Å². The van der Waals surface area contributed by atoms with Gasteiger partial charge in [0.25, 0.3) is 0 Å². The zero-order valence-electron chi connectivity index (χ0n) is 9.84. The van der Waals surface area contributed by atoms with E-state index in [1.165, 1.54) is 31.3 Å². The van der Waals surface area contributed by atoms with Gasteiger partial charge in [-0.15, -0.1) is 0 Å². The molecule has 0 aliphatic heterocycles. The second-order valence-corrected chi connectivity index (χ2v) is 5.53. The van der Waals surface area contributed by atoms with Gasteiger partial charge < -0.3 is 0 Å². The van der Waals surface area contributed by atoms with Gasteiger partial charge >= 0.3 is 0 Å². The Balaban J connectivity index is 2.60. The molecule has 80 valence electrons. The summed E-state index contributed by atoms with van der Waals surface area (Å²) in [7, 11) is 2.15. The molecule has 0 saturated carbocycles. The maximum Gasteiger partial charge on any atom is 0.139 e. The molecule has 0 saturated heterocycles. The maximum atomic E-state index is 2.34.